The second kappa shape index (κ2) is 5.94. The Bertz CT molecular complexity index is 457. The van der Waals surface area contributed by atoms with Crippen LogP contribution in [0.25, 0.3) is 0 Å². The number of anilines is 2. The monoisotopic (exact) mass is 286 g/mol. The summed E-state index contributed by atoms with van der Waals surface area (Å²) in [6.45, 7) is 3.81. The molecule has 0 spiro atoms. The molecule has 5 heteroatoms. The molecule has 1 aromatic carbocycles. The Morgan fingerprint density at radius 2 is 2.00 bits per heavy atom. The molecule has 20 heavy (non-hydrogen) atoms. The summed E-state index contributed by atoms with van der Waals surface area (Å²) in [6, 6.07) is 4.23. The summed E-state index contributed by atoms with van der Waals surface area (Å²) in [5, 5.41) is 0. The van der Waals surface area contributed by atoms with E-state index in [0.717, 1.165) is 38.8 Å². The van der Waals surface area contributed by atoms with Gasteiger partial charge in [-0.2, -0.15) is 13.2 Å². The molecule has 2 N–H and O–H groups in total. The maximum atomic E-state index is 12.9. The molecule has 1 heterocycles. The van der Waals surface area contributed by atoms with Crippen LogP contribution in [0.2, 0.25) is 0 Å². The van der Waals surface area contributed by atoms with E-state index < -0.39 is 11.7 Å². The van der Waals surface area contributed by atoms with Crippen molar-refractivity contribution in [2.45, 2.75) is 38.8 Å². The van der Waals surface area contributed by atoms with Crippen molar-refractivity contribution in [1.82, 2.24) is 0 Å². The van der Waals surface area contributed by atoms with E-state index in [1.807, 2.05) is 4.90 Å². The van der Waals surface area contributed by atoms with Gasteiger partial charge in [-0.3, -0.25) is 0 Å². The van der Waals surface area contributed by atoms with Crippen molar-refractivity contribution in [2.24, 2.45) is 5.92 Å². The first-order valence-electron chi connectivity index (χ1n) is 7.13. The zero-order chi connectivity index (χ0) is 14.8. The minimum absolute atomic E-state index is 0.206. The quantitative estimate of drug-likeness (QED) is 0.821. The third-order valence-electron chi connectivity index (χ3n) is 4.13. The Hall–Kier alpha value is -1.39. The Labute approximate surface area is 117 Å². The predicted molar refractivity (Wildman–Crippen MR) is 75.7 cm³/mol. The SMILES string of the molecule is CCC1CCCN(c2ccc(N)c(C(F)(F)F)c2)CC1. The molecule has 1 unspecified atom stereocenters. The lowest BCUT2D eigenvalue weighted by Crippen LogP contribution is -2.24. The number of halogens is 3. The molecule has 0 aromatic heterocycles. The Balaban J connectivity index is 2.20. The summed E-state index contributed by atoms with van der Waals surface area (Å²) in [6.07, 6.45) is -0.0121. The molecule has 0 radical (unpaired) electrons. The van der Waals surface area contributed by atoms with Crippen LogP contribution in [0.5, 0.6) is 0 Å². The molecule has 0 saturated carbocycles. The van der Waals surface area contributed by atoms with Gasteiger partial charge in [0.25, 0.3) is 0 Å². The second-order valence-electron chi connectivity index (χ2n) is 5.46. The topological polar surface area (TPSA) is 29.3 Å². The van der Waals surface area contributed by atoms with Crippen LogP contribution in [0.15, 0.2) is 18.2 Å². The maximum absolute atomic E-state index is 12.9. The first kappa shape index (κ1) is 15.0. The van der Waals surface area contributed by atoms with Crippen LogP contribution in [0.4, 0.5) is 24.5 Å². The fourth-order valence-electron chi connectivity index (χ4n) is 2.82. The van der Waals surface area contributed by atoms with Crippen LogP contribution in [-0.4, -0.2) is 13.1 Å². The first-order chi connectivity index (χ1) is 9.41. The molecule has 0 amide bonds. The standard InChI is InChI=1S/C15H21F3N2/c1-2-11-4-3-8-20(9-7-11)12-5-6-14(19)13(10-12)15(16,17)18/h5-6,10-11H,2-4,7-9,19H2,1H3. The van der Waals surface area contributed by atoms with E-state index in [4.69, 9.17) is 5.73 Å². The fourth-order valence-corrected chi connectivity index (χ4v) is 2.82. The van der Waals surface area contributed by atoms with Crippen molar-refractivity contribution in [2.75, 3.05) is 23.7 Å². The zero-order valence-electron chi connectivity index (χ0n) is 11.7. The summed E-state index contributed by atoms with van der Waals surface area (Å²) < 4.78 is 38.7. The lowest BCUT2D eigenvalue weighted by Gasteiger charge is -2.24. The van der Waals surface area contributed by atoms with Crippen molar-refractivity contribution < 1.29 is 13.2 Å². The van der Waals surface area contributed by atoms with Gasteiger partial charge in [-0.25, -0.2) is 0 Å². The van der Waals surface area contributed by atoms with Crippen LogP contribution in [-0.2, 0) is 6.18 Å². The van der Waals surface area contributed by atoms with E-state index in [2.05, 4.69) is 6.92 Å². The number of rotatable bonds is 2. The molecular formula is C15H21F3N2. The average Bonchev–Trinajstić information content (AvgIpc) is 2.63. The van der Waals surface area contributed by atoms with Gasteiger partial charge in [0.2, 0.25) is 0 Å². The predicted octanol–water partition coefficient (Wildman–Crippen LogP) is 4.30. The van der Waals surface area contributed by atoms with Gasteiger partial charge in [0.15, 0.2) is 0 Å². The van der Waals surface area contributed by atoms with Gasteiger partial charge in [0.05, 0.1) is 5.56 Å². The molecule has 1 saturated heterocycles. The molecule has 0 aliphatic carbocycles. The van der Waals surface area contributed by atoms with Crippen molar-refractivity contribution in [1.29, 1.82) is 0 Å². The van der Waals surface area contributed by atoms with Gasteiger partial charge in [-0.1, -0.05) is 13.3 Å². The van der Waals surface area contributed by atoms with Gasteiger partial charge in [0, 0.05) is 24.5 Å². The van der Waals surface area contributed by atoms with Gasteiger partial charge in [0.1, 0.15) is 0 Å². The third kappa shape index (κ3) is 3.38. The van der Waals surface area contributed by atoms with Gasteiger partial charge in [-0.15, -0.1) is 0 Å². The second-order valence-corrected chi connectivity index (χ2v) is 5.46. The lowest BCUT2D eigenvalue weighted by atomic mass is 9.98. The molecule has 1 aromatic rings. The summed E-state index contributed by atoms with van der Waals surface area (Å²) in [4.78, 5) is 2.05. The van der Waals surface area contributed by atoms with Crippen molar-refractivity contribution >= 4 is 11.4 Å². The molecule has 2 rings (SSSR count). The largest absolute Gasteiger partial charge is 0.418 e. The van der Waals surface area contributed by atoms with E-state index >= 15 is 0 Å². The van der Waals surface area contributed by atoms with E-state index in [-0.39, 0.29) is 5.69 Å². The molecule has 1 aliphatic rings. The normalized spacial score (nSPS) is 20.8. The third-order valence-corrected chi connectivity index (χ3v) is 4.13. The van der Waals surface area contributed by atoms with Crippen molar-refractivity contribution in [3.63, 3.8) is 0 Å². The van der Waals surface area contributed by atoms with Crippen LogP contribution >= 0.6 is 0 Å². The molecular weight excluding hydrogens is 265 g/mol. The Kier molecular flexibility index (Phi) is 4.45. The zero-order valence-corrected chi connectivity index (χ0v) is 11.7. The lowest BCUT2D eigenvalue weighted by molar-refractivity contribution is -0.136. The van der Waals surface area contributed by atoms with E-state index in [1.165, 1.54) is 12.1 Å². The Morgan fingerprint density at radius 3 is 2.65 bits per heavy atom. The average molecular weight is 286 g/mol. The van der Waals surface area contributed by atoms with Crippen molar-refractivity contribution in [3.05, 3.63) is 23.8 Å². The van der Waals surface area contributed by atoms with Gasteiger partial charge >= 0.3 is 6.18 Å². The fraction of sp³-hybridized carbons (Fsp3) is 0.600. The molecule has 1 aliphatic heterocycles. The van der Waals surface area contributed by atoms with Gasteiger partial charge < -0.3 is 10.6 Å². The molecule has 2 nitrogen and oxygen atoms in total. The minimum Gasteiger partial charge on any atom is -0.398 e. The highest BCUT2D eigenvalue weighted by atomic mass is 19.4. The summed E-state index contributed by atoms with van der Waals surface area (Å²) >= 11 is 0. The smallest absolute Gasteiger partial charge is 0.398 e. The number of nitrogen functional groups attached to an aromatic ring is 1. The van der Waals surface area contributed by atoms with Crippen LogP contribution < -0.4 is 10.6 Å². The molecule has 1 atom stereocenters. The number of alkyl halides is 3. The number of hydrogen-bond donors (Lipinski definition) is 1. The first-order valence-corrected chi connectivity index (χ1v) is 7.13. The minimum atomic E-state index is -4.39. The Morgan fingerprint density at radius 1 is 1.25 bits per heavy atom. The number of nitrogens with zero attached hydrogens (tertiary/aromatic N) is 1. The summed E-state index contributed by atoms with van der Waals surface area (Å²) in [5.74, 6) is 0.691. The van der Waals surface area contributed by atoms with E-state index in [9.17, 15) is 13.2 Å². The van der Waals surface area contributed by atoms with Crippen LogP contribution in [0, 0.1) is 5.92 Å². The highest BCUT2D eigenvalue weighted by molar-refractivity contribution is 5.59. The van der Waals surface area contributed by atoms with Crippen molar-refractivity contribution in [3.8, 4) is 0 Å². The van der Waals surface area contributed by atoms with Gasteiger partial charge in [-0.05, 0) is 43.4 Å². The van der Waals surface area contributed by atoms with E-state index in [1.54, 1.807) is 6.07 Å². The number of benzene rings is 1. The maximum Gasteiger partial charge on any atom is 0.418 e. The van der Waals surface area contributed by atoms with Crippen LogP contribution in [0.1, 0.15) is 38.2 Å². The van der Waals surface area contributed by atoms with Crippen LogP contribution in [0.3, 0.4) is 0 Å². The summed E-state index contributed by atoms with van der Waals surface area (Å²) in [5.41, 5.74) is 5.13. The highest BCUT2D eigenvalue weighted by Gasteiger charge is 2.33. The highest BCUT2D eigenvalue weighted by Crippen LogP contribution is 2.36. The number of nitrogens with two attached hydrogens (primary N) is 1. The molecule has 112 valence electrons. The number of hydrogen-bond acceptors (Lipinski definition) is 2. The molecule has 0 bridgehead atoms. The summed E-state index contributed by atoms with van der Waals surface area (Å²) in [7, 11) is 0. The van der Waals surface area contributed by atoms with E-state index in [0.29, 0.717) is 11.6 Å². The molecule has 1 fully saturated rings.